The lowest BCUT2D eigenvalue weighted by Gasteiger charge is -2.20. The fourth-order valence-electron chi connectivity index (χ4n) is 2.54. The highest BCUT2D eigenvalue weighted by Gasteiger charge is 2.14. The minimum Gasteiger partial charge on any atom is -0.383 e. The summed E-state index contributed by atoms with van der Waals surface area (Å²) in [5.74, 6) is 0.614. The van der Waals surface area contributed by atoms with E-state index in [-0.39, 0.29) is 6.04 Å². The van der Waals surface area contributed by atoms with Crippen LogP contribution in [0.3, 0.4) is 0 Å². The fourth-order valence-corrected chi connectivity index (χ4v) is 2.54. The molecule has 2 aromatic rings. The second-order valence-electron chi connectivity index (χ2n) is 5.44. The summed E-state index contributed by atoms with van der Waals surface area (Å²) in [7, 11) is 0. The highest BCUT2D eigenvalue weighted by atomic mass is 14.9. The summed E-state index contributed by atoms with van der Waals surface area (Å²) in [4.78, 5) is 8.64. The lowest BCUT2D eigenvalue weighted by Crippen LogP contribution is -2.25. The Morgan fingerprint density at radius 2 is 1.95 bits per heavy atom. The Morgan fingerprint density at radius 1 is 1.24 bits per heavy atom. The van der Waals surface area contributed by atoms with Gasteiger partial charge in [0.05, 0.1) is 0 Å². The van der Waals surface area contributed by atoms with E-state index >= 15 is 0 Å². The Labute approximate surface area is 126 Å². The molecule has 0 bridgehead atoms. The van der Waals surface area contributed by atoms with E-state index in [1.807, 2.05) is 26.0 Å². The monoisotopic (exact) mass is 284 g/mol. The van der Waals surface area contributed by atoms with Crippen molar-refractivity contribution in [2.75, 3.05) is 12.3 Å². The number of nitrogens with two attached hydrogens (primary N) is 1. The highest BCUT2D eigenvalue weighted by Crippen LogP contribution is 2.22. The van der Waals surface area contributed by atoms with Crippen molar-refractivity contribution >= 4 is 5.82 Å². The van der Waals surface area contributed by atoms with Gasteiger partial charge in [-0.1, -0.05) is 13.0 Å². The van der Waals surface area contributed by atoms with Gasteiger partial charge in [-0.3, -0.25) is 4.98 Å². The van der Waals surface area contributed by atoms with Crippen LogP contribution in [0.25, 0.3) is 0 Å². The Bertz CT molecular complexity index is 575. The van der Waals surface area contributed by atoms with Gasteiger partial charge >= 0.3 is 0 Å². The molecule has 3 N–H and O–H groups in total. The van der Waals surface area contributed by atoms with Gasteiger partial charge in [-0.25, -0.2) is 4.98 Å². The molecule has 2 heterocycles. The predicted molar refractivity (Wildman–Crippen MR) is 87.1 cm³/mol. The summed E-state index contributed by atoms with van der Waals surface area (Å²) in [5.41, 5.74) is 10.4. The first-order valence-electron chi connectivity index (χ1n) is 7.48. The first-order chi connectivity index (χ1) is 10.1. The van der Waals surface area contributed by atoms with E-state index in [1.54, 1.807) is 6.20 Å². The summed E-state index contributed by atoms with van der Waals surface area (Å²) >= 11 is 0. The molecule has 21 heavy (non-hydrogen) atoms. The van der Waals surface area contributed by atoms with E-state index in [9.17, 15) is 0 Å². The van der Waals surface area contributed by atoms with Crippen molar-refractivity contribution in [3.8, 4) is 0 Å². The van der Waals surface area contributed by atoms with Crippen molar-refractivity contribution < 1.29 is 0 Å². The molecule has 0 aromatic carbocycles. The molecular formula is C17H24N4. The molecule has 0 radical (unpaired) electrons. The van der Waals surface area contributed by atoms with Gasteiger partial charge in [0, 0.05) is 23.6 Å². The molecule has 0 fully saturated rings. The quantitative estimate of drug-likeness (QED) is 0.856. The summed E-state index contributed by atoms with van der Waals surface area (Å²) in [5, 5.41) is 3.60. The van der Waals surface area contributed by atoms with Crippen LogP contribution >= 0.6 is 0 Å². The molecule has 1 unspecified atom stereocenters. The number of rotatable bonds is 6. The van der Waals surface area contributed by atoms with Crippen LogP contribution in [0.15, 0.2) is 30.5 Å². The Kier molecular flexibility index (Phi) is 5.28. The molecule has 0 amide bonds. The molecule has 2 aromatic heterocycles. The topological polar surface area (TPSA) is 63.8 Å². The number of nitrogen functional groups attached to an aromatic ring is 1. The van der Waals surface area contributed by atoms with Crippen LogP contribution in [0.2, 0.25) is 0 Å². The van der Waals surface area contributed by atoms with E-state index in [0.717, 1.165) is 36.3 Å². The van der Waals surface area contributed by atoms with E-state index in [4.69, 9.17) is 5.73 Å². The van der Waals surface area contributed by atoms with Crippen LogP contribution < -0.4 is 11.1 Å². The second-order valence-corrected chi connectivity index (χ2v) is 5.44. The molecule has 0 aliphatic heterocycles. The number of aromatic nitrogens is 2. The summed E-state index contributed by atoms with van der Waals surface area (Å²) in [6.07, 6.45) is 3.67. The summed E-state index contributed by atoms with van der Waals surface area (Å²) < 4.78 is 0. The molecule has 0 saturated carbocycles. The maximum atomic E-state index is 5.98. The normalized spacial score (nSPS) is 12.3. The SMILES string of the molecule is CCCNC(Cc1cccnc1N)c1cc(C)nc(C)c1. The van der Waals surface area contributed by atoms with Crippen LogP contribution in [0.1, 0.15) is 41.9 Å². The number of nitrogens with one attached hydrogen (secondary N) is 1. The van der Waals surface area contributed by atoms with Gasteiger partial charge in [-0.15, -0.1) is 0 Å². The number of anilines is 1. The first-order valence-corrected chi connectivity index (χ1v) is 7.48. The predicted octanol–water partition coefficient (Wildman–Crippen LogP) is 2.96. The standard InChI is InChI=1S/C17H24N4/c1-4-7-19-16(11-14-6-5-8-20-17(14)18)15-9-12(2)21-13(3)10-15/h5-6,8-10,16,19H,4,7,11H2,1-3H3,(H2,18,20). The van der Waals surface area contributed by atoms with Crippen LogP contribution in [0.5, 0.6) is 0 Å². The zero-order valence-electron chi connectivity index (χ0n) is 13.1. The second kappa shape index (κ2) is 7.18. The number of hydrogen-bond acceptors (Lipinski definition) is 4. The molecule has 0 aliphatic carbocycles. The van der Waals surface area contributed by atoms with Crippen molar-refractivity contribution in [3.63, 3.8) is 0 Å². The van der Waals surface area contributed by atoms with Gasteiger partial charge in [0.15, 0.2) is 0 Å². The van der Waals surface area contributed by atoms with Crippen LogP contribution in [-0.2, 0) is 6.42 Å². The zero-order chi connectivity index (χ0) is 15.2. The van der Waals surface area contributed by atoms with Crippen LogP contribution in [0.4, 0.5) is 5.82 Å². The largest absolute Gasteiger partial charge is 0.383 e. The van der Waals surface area contributed by atoms with E-state index < -0.39 is 0 Å². The van der Waals surface area contributed by atoms with Crippen LogP contribution in [-0.4, -0.2) is 16.5 Å². The molecular weight excluding hydrogens is 260 g/mol. The molecule has 112 valence electrons. The maximum absolute atomic E-state index is 5.98. The third-order valence-electron chi connectivity index (χ3n) is 3.50. The van der Waals surface area contributed by atoms with Gasteiger partial charge < -0.3 is 11.1 Å². The summed E-state index contributed by atoms with van der Waals surface area (Å²) in [6, 6.07) is 8.51. The van der Waals surface area contributed by atoms with Crippen molar-refractivity contribution in [1.82, 2.24) is 15.3 Å². The van der Waals surface area contributed by atoms with E-state index in [1.165, 1.54) is 5.56 Å². The van der Waals surface area contributed by atoms with Gasteiger partial charge in [0.25, 0.3) is 0 Å². The maximum Gasteiger partial charge on any atom is 0.126 e. The summed E-state index contributed by atoms with van der Waals surface area (Å²) in [6.45, 7) is 7.22. The lowest BCUT2D eigenvalue weighted by molar-refractivity contribution is 0.528. The Morgan fingerprint density at radius 3 is 2.57 bits per heavy atom. The Hall–Kier alpha value is -1.94. The molecule has 4 heteroatoms. The van der Waals surface area contributed by atoms with Gasteiger partial charge in [-0.05, 0) is 62.6 Å². The smallest absolute Gasteiger partial charge is 0.126 e. The average Bonchev–Trinajstić information content (AvgIpc) is 2.44. The third kappa shape index (κ3) is 4.26. The van der Waals surface area contributed by atoms with Gasteiger partial charge in [0.2, 0.25) is 0 Å². The van der Waals surface area contributed by atoms with Gasteiger partial charge in [0.1, 0.15) is 5.82 Å². The molecule has 0 aliphatic rings. The van der Waals surface area contributed by atoms with Crippen molar-refractivity contribution in [2.45, 2.75) is 39.7 Å². The number of pyridine rings is 2. The molecule has 4 nitrogen and oxygen atoms in total. The zero-order valence-corrected chi connectivity index (χ0v) is 13.1. The molecule has 2 rings (SSSR count). The molecule has 0 spiro atoms. The van der Waals surface area contributed by atoms with Crippen molar-refractivity contribution in [1.29, 1.82) is 0 Å². The Balaban J connectivity index is 2.27. The van der Waals surface area contributed by atoms with E-state index in [2.05, 4.69) is 34.3 Å². The van der Waals surface area contributed by atoms with Crippen molar-refractivity contribution in [2.24, 2.45) is 0 Å². The number of nitrogens with zero attached hydrogens (tertiary/aromatic N) is 2. The van der Waals surface area contributed by atoms with Gasteiger partial charge in [-0.2, -0.15) is 0 Å². The fraction of sp³-hybridized carbons (Fsp3) is 0.412. The minimum atomic E-state index is 0.233. The van der Waals surface area contributed by atoms with Crippen LogP contribution in [0, 0.1) is 13.8 Å². The highest BCUT2D eigenvalue weighted by molar-refractivity contribution is 5.40. The molecule has 1 atom stereocenters. The minimum absolute atomic E-state index is 0.233. The first kappa shape index (κ1) is 15.4. The lowest BCUT2D eigenvalue weighted by atomic mass is 9.98. The number of hydrogen-bond donors (Lipinski definition) is 2. The number of aryl methyl sites for hydroxylation is 2. The molecule has 0 saturated heterocycles. The third-order valence-corrected chi connectivity index (χ3v) is 3.50. The van der Waals surface area contributed by atoms with Crippen molar-refractivity contribution in [3.05, 3.63) is 53.0 Å². The average molecular weight is 284 g/mol. The van der Waals surface area contributed by atoms with E-state index in [0.29, 0.717) is 5.82 Å².